The number of rotatable bonds is 10. The molecule has 6 rings (SSSR count). The summed E-state index contributed by atoms with van der Waals surface area (Å²) < 4.78 is 54.5. The molecule has 6 atom stereocenters. The molecule has 3 aromatic heterocycles. The highest BCUT2D eigenvalue weighted by atomic mass is 31.2. The molecular weight excluding hydrogens is 600 g/mol. The average Bonchev–Trinajstić information content (AvgIpc) is 3.71. The van der Waals surface area contributed by atoms with E-state index >= 15 is 0 Å². The van der Waals surface area contributed by atoms with Gasteiger partial charge in [-0.1, -0.05) is 11.3 Å². The van der Waals surface area contributed by atoms with Crippen LogP contribution in [0.1, 0.15) is 31.7 Å². The van der Waals surface area contributed by atoms with Crippen molar-refractivity contribution in [3.63, 3.8) is 0 Å². The van der Waals surface area contributed by atoms with Gasteiger partial charge in [-0.25, -0.2) is 28.8 Å². The molecule has 4 aromatic rings. The number of aromatic nitrogens is 7. The van der Waals surface area contributed by atoms with Crippen molar-refractivity contribution in [1.29, 1.82) is 0 Å². The highest BCUT2D eigenvalue weighted by Crippen LogP contribution is 2.50. The summed E-state index contributed by atoms with van der Waals surface area (Å²) in [7, 11) is -9.60. The van der Waals surface area contributed by atoms with Crippen LogP contribution < -0.4 is 11.5 Å². The quantitative estimate of drug-likeness (QED) is 0.121. The lowest BCUT2D eigenvalue weighted by Crippen LogP contribution is -2.28. The Kier molecular flexibility index (Phi) is 7.73. The molecule has 2 saturated heterocycles. The number of nitrogens with two attached hydrogens (primary N) is 2. The zero-order valence-corrected chi connectivity index (χ0v) is 23.5. The Labute approximate surface area is 236 Å². The van der Waals surface area contributed by atoms with Gasteiger partial charge in [0.05, 0.1) is 36.8 Å². The molecule has 2 aliphatic rings. The second-order valence-corrected chi connectivity index (χ2v) is 12.3. The van der Waals surface area contributed by atoms with Crippen molar-refractivity contribution in [3.05, 3.63) is 30.9 Å². The molecule has 2 aliphatic heterocycles. The molecule has 226 valence electrons. The van der Waals surface area contributed by atoms with Crippen molar-refractivity contribution in [2.45, 2.75) is 50.0 Å². The zero-order valence-electron chi connectivity index (χ0n) is 21.7. The number of nitrogens with zero attached hydrogens (tertiary/aromatic N) is 7. The largest absolute Gasteiger partial charge is 0.472 e. The molecule has 0 aliphatic carbocycles. The van der Waals surface area contributed by atoms with E-state index in [2.05, 4.69) is 29.8 Å². The molecule has 19 nitrogen and oxygen atoms in total. The molecule has 5 heterocycles. The van der Waals surface area contributed by atoms with E-state index in [1.54, 1.807) is 16.8 Å². The third-order valence-corrected chi connectivity index (χ3v) is 8.37. The molecule has 2 fully saturated rings. The standard InChI is InChI=1S/C21H27N9O10P2/c22-12-2-1-3-13-18(12)27-28-30(13)16-5-4-11(38-16)7-37-42(34,35)40-14-6-17(39-15(14)8-36-41(31,32)33)29-10-26-19-20(23)24-9-25-21(19)29/h1-3,9-11,14-17H,4-8,22H2,(H,34,35)(H2,23,24,25)(H2,31,32,33)/t11-,14-,15+,16+,17+/m0/s1. The molecule has 0 bridgehead atoms. The van der Waals surface area contributed by atoms with Crippen LogP contribution in [0.3, 0.4) is 0 Å². The molecule has 42 heavy (non-hydrogen) atoms. The SMILES string of the molecule is Nc1ncnc2c1ncn2[C@H]1C[C@H](OP(=O)(O)OC[C@@H]2CC[C@H](n3nnc4c(N)cccc43)O2)[C@@H](COP(=O)(O)O)O1. The van der Waals surface area contributed by atoms with Gasteiger partial charge < -0.3 is 35.6 Å². The fourth-order valence-electron chi connectivity index (χ4n) is 4.95. The van der Waals surface area contributed by atoms with E-state index in [0.717, 1.165) is 0 Å². The van der Waals surface area contributed by atoms with Crippen molar-refractivity contribution >= 4 is 49.3 Å². The first-order valence-corrected chi connectivity index (χ1v) is 15.7. The predicted octanol–water partition coefficient (Wildman–Crippen LogP) is 1.01. The van der Waals surface area contributed by atoms with Gasteiger partial charge in [-0.15, -0.1) is 5.10 Å². The van der Waals surface area contributed by atoms with Crippen LogP contribution in [0.2, 0.25) is 0 Å². The zero-order chi connectivity index (χ0) is 29.6. The van der Waals surface area contributed by atoms with Gasteiger partial charge in [-0.2, -0.15) is 0 Å². The Morgan fingerprint density at radius 3 is 2.64 bits per heavy atom. The Morgan fingerprint density at radius 2 is 1.83 bits per heavy atom. The summed E-state index contributed by atoms with van der Waals surface area (Å²) in [5.74, 6) is 0.136. The number of hydrogen-bond donors (Lipinski definition) is 5. The first-order chi connectivity index (χ1) is 20.0. The first-order valence-electron chi connectivity index (χ1n) is 12.7. The van der Waals surface area contributed by atoms with Crippen LogP contribution in [0.5, 0.6) is 0 Å². The fraction of sp³-hybridized carbons (Fsp3) is 0.476. The van der Waals surface area contributed by atoms with Gasteiger partial charge >= 0.3 is 15.6 Å². The van der Waals surface area contributed by atoms with E-state index in [9.17, 15) is 23.8 Å². The number of ether oxygens (including phenoxy) is 2. The van der Waals surface area contributed by atoms with Gasteiger partial charge in [0.2, 0.25) is 0 Å². The van der Waals surface area contributed by atoms with Crippen LogP contribution in [0.4, 0.5) is 11.5 Å². The maximum absolute atomic E-state index is 13.0. The van der Waals surface area contributed by atoms with Crippen LogP contribution in [0, 0.1) is 0 Å². The van der Waals surface area contributed by atoms with E-state index in [4.69, 9.17) is 30.0 Å². The molecule has 0 amide bonds. The number of phosphoric ester groups is 2. The summed E-state index contributed by atoms with van der Waals surface area (Å²) in [6.07, 6.45) is -0.590. The van der Waals surface area contributed by atoms with E-state index in [1.807, 2.05) is 6.07 Å². The third-order valence-electron chi connectivity index (χ3n) is 6.87. The minimum Gasteiger partial charge on any atom is -0.397 e. The number of fused-ring (bicyclic) bond motifs is 2. The van der Waals surface area contributed by atoms with Crippen LogP contribution in [0.15, 0.2) is 30.9 Å². The Balaban J connectivity index is 1.11. The Bertz CT molecular complexity index is 1700. The minimum absolute atomic E-state index is 0.0387. The van der Waals surface area contributed by atoms with Crippen molar-refractivity contribution in [3.8, 4) is 0 Å². The predicted molar refractivity (Wildman–Crippen MR) is 142 cm³/mol. The Morgan fingerprint density at radius 1 is 1.00 bits per heavy atom. The Hall–Kier alpha value is -3.09. The van der Waals surface area contributed by atoms with Crippen LogP contribution in [0.25, 0.3) is 22.2 Å². The van der Waals surface area contributed by atoms with Gasteiger partial charge in [0.1, 0.15) is 35.8 Å². The van der Waals surface area contributed by atoms with Crippen LogP contribution >= 0.6 is 15.6 Å². The minimum atomic E-state index is -4.88. The van der Waals surface area contributed by atoms with Crippen molar-refractivity contribution < 1.29 is 46.9 Å². The monoisotopic (exact) mass is 627 g/mol. The summed E-state index contributed by atoms with van der Waals surface area (Å²) in [6, 6.07) is 5.31. The number of hydrogen-bond acceptors (Lipinski definition) is 14. The van der Waals surface area contributed by atoms with Gasteiger partial charge in [-0.3, -0.25) is 18.1 Å². The summed E-state index contributed by atoms with van der Waals surface area (Å²) in [6.45, 7) is -0.916. The molecule has 0 saturated carbocycles. The molecule has 0 spiro atoms. The number of imidazole rings is 1. The van der Waals surface area contributed by atoms with Gasteiger partial charge in [-0.05, 0) is 25.0 Å². The van der Waals surface area contributed by atoms with Gasteiger partial charge in [0.15, 0.2) is 17.7 Å². The maximum atomic E-state index is 13.0. The molecule has 7 N–H and O–H groups in total. The molecule has 21 heteroatoms. The number of anilines is 2. The van der Waals surface area contributed by atoms with Crippen molar-refractivity contribution in [1.82, 2.24) is 34.5 Å². The second kappa shape index (κ2) is 11.2. The maximum Gasteiger partial charge on any atom is 0.472 e. The molecule has 0 radical (unpaired) electrons. The lowest BCUT2D eigenvalue weighted by molar-refractivity contribution is -0.0485. The van der Waals surface area contributed by atoms with Gasteiger partial charge in [0.25, 0.3) is 0 Å². The van der Waals surface area contributed by atoms with E-state index < -0.39 is 53.0 Å². The summed E-state index contributed by atoms with van der Waals surface area (Å²) >= 11 is 0. The van der Waals surface area contributed by atoms with E-state index in [-0.39, 0.29) is 18.8 Å². The highest BCUT2D eigenvalue weighted by Gasteiger charge is 2.43. The second-order valence-electron chi connectivity index (χ2n) is 9.68. The van der Waals surface area contributed by atoms with E-state index in [0.29, 0.717) is 40.7 Å². The topological polar surface area (TPSA) is 267 Å². The summed E-state index contributed by atoms with van der Waals surface area (Å²) in [5.41, 5.74) is 14.1. The fourth-order valence-corrected chi connectivity index (χ4v) is 6.27. The van der Waals surface area contributed by atoms with Crippen molar-refractivity contribution in [2.75, 3.05) is 24.7 Å². The number of benzene rings is 1. The van der Waals surface area contributed by atoms with Crippen LogP contribution in [-0.2, 0) is 32.2 Å². The van der Waals surface area contributed by atoms with Crippen LogP contribution in [-0.4, -0.2) is 80.7 Å². The summed E-state index contributed by atoms with van der Waals surface area (Å²) in [5, 5.41) is 8.23. The van der Waals surface area contributed by atoms with Gasteiger partial charge in [0, 0.05) is 6.42 Å². The number of phosphoric acid groups is 2. The lowest BCUT2D eigenvalue weighted by Gasteiger charge is -2.22. The number of nitrogen functional groups attached to an aromatic ring is 2. The van der Waals surface area contributed by atoms with E-state index in [1.165, 1.54) is 17.2 Å². The molecule has 1 unspecified atom stereocenters. The lowest BCUT2D eigenvalue weighted by atomic mass is 10.2. The summed E-state index contributed by atoms with van der Waals surface area (Å²) in [4.78, 5) is 41.1. The van der Waals surface area contributed by atoms with Crippen molar-refractivity contribution in [2.24, 2.45) is 0 Å². The molecule has 1 aromatic carbocycles. The third kappa shape index (κ3) is 6.02. The highest BCUT2D eigenvalue weighted by molar-refractivity contribution is 7.47. The average molecular weight is 627 g/mol. The normalized spacial score (nSPS) is 26.3. The smallest absolute Gasteiger partial charge is 0.397 e. The first kappa shape index (κ1) is 29.0. The molecular formula is C21H27N9O10P2.